The number of nitrogens with one attached hydrogen (secondary N) is 1. The van der Waals surface area contributed by atoms with Crippen LogP contribution in [0.4, 0.5) is 18.9 Å². The zero-order chi connectivity index (χ0) is 20.9. The first-order chi connectivity index (χ1) is 13.1. The molecule has 2 rings (SSSR count). The molecule has 8 heteroatoms. The summed E-state index contributed by atoms with van der Waals surface area (Å²) in [6, 6.07) is 9.93. The average molecular weight is 411 g/mol. The maximum atomic E-state index is 12.5. The van der Waals surface area contributed by atoms with Crippen molar-refractivity contribution in [1.82, 2.24) is 0 Å². The van der Waals surface area contributed by atoms with E-state index in [0.717, 1.165) is 40.3 Å². The highest BCUT2D eigenvalue weighted by Crippen LogP contribution is 2.30. The molecule has 150 valence electrons. The third-order valence-corrected chi connectivity index (χ3v) is 4.98. The van der Waals surface area contributed by atoms with Crippen molar-refractivity contribution >= 4 is 29.3 Å². The molecule has 28 heavy (non-hydrogen) atoms. The van der Waals surface area contributed by atoms with E-state index in [0.29, 0.717) is 0 Å². The highest BCUT2D eigenvalue weighted by molar-refractivity contribution is 8.00. The molecule has 1 atom stereocenters. The number of amides is 1. The lowest BCUT2D eigenvalue weighted by Gasteiger charge is -2.14. The Kier molecular flexibility index (Phi) is 7.12. The molecule has 0 heterocycles. The second-order valence-corrected chi connectivity index (χ2v) is 7.27. The van der Waals surface area contributed by atoms with Crippen molar-refractivity contribution < 1.29 is 27.5 Å². The van der Waals surface area contributed by atoms with Gasteiger partial charge in [0.25, 0.3) is 5.91 Å². The lowest BCUT2D eigenvalue weighted by molar-refractivity contribution is -0.150. The molecule has 0 aliphatic heterocycles. The summed E-state index contributed by atoms with van der Waals surface area (Å²) in [5.74, 6) is -1.13. The number of aryl methyl sites for hydroxylation is 2. The Bertz CT molecular complexity index is 851. The van der Waals surface area contributed by atoms with E-state index in [-0.39, 0.29) is 11.4 Å². The van der Waals surface area contributed by atoms with Gasteiger partial charge in [0.15, 0.2) is 6.10 Å². The molecule has 0 spiro atoms. The monoisotopic (exact) mass is 411 g/mol. The molecule has 0 aromatic heterocycles. The molecule has 0 fully saturated rings. The van der Waals surface area contributed by atoms with E-state index in [9.17, 15) is 22.8 Å². The second-order valence-electron chi connectivity index (χ2n) is 6.25. The van der Waals surface area contributed by atoms with Crippen LogP contribution in [-0.4, -0.2) is 23.7 Å². The third-order valence-electron chi connectivity index (χ3n) is 3.85. The fraction of sp³-hybridized carbons (Fsp3) is 0.300. The Labute approximate surface area is 165 Å². The van der Waals surface area contributed by atoms with E-state index in [4.69, 9.17) is 4.74 Å². The van der Waals surface area contributed by atoms with Crippen LogP contribution in [-0.2, 0) is 20.5 Å². The first-order valence-corrected chi connectivity index (χ1v) is 9.42. The highest BCUT2D eigenvalue weighted by Gasteiger charge is 2.30. The number of esters is 1. The van der Waals surface area contributed by atoms with E-state index in [2.05, 4.69) is 5.32 Å². The Balaban J connectivity index is 1.86. The third kappa shape index (κ3) is 6.30. The number of hydrogen-bond donors (Lipinski definition) is 1. The van der Waals surface area contributed by atoms with E-state index in [1.807, 2.05) is 32.0 Å². The van der Waals surface area contributed by atoms with Gasteiger partial charge < -0.3 is 10.1 Å². The molecule has 4 nitrogen and oxygen atoms in total. The predicted molar refractivity (Wildman–Crippen MR) is 102 cm³/mol. The van der Waals surface area contributed by atoms with Gasteiger partial charge in [0.1, 0.15) is 0 Å². The molecular formula is C20H20F3NO3S. The Hall–Kier alpha value is -2.48. The number of thioether (sulfide) groups is 1. The van der Waals surface area contributed by atoms with Crippen LogP contribution in [0.5, 0.6) is 0 Å². The van der Waals surface area contributed by atoms with Gasteiger partial charge in [-0.05, 0) is 56.7 Å². The van der Waals surface area contributed by atoms with Crippen LogP contribution in [0.2, 0.25) is 0 Å². The van der Waals surface area contributed by atoms with Crippen molar-refractivity contribution in [2.24, 2.45) is 0 Å². The summed E-state index contributed by atoms with van der Waals surface area (Å²) >= 11 is 1.32. The van der Waals surface area contributed by atoms with E-state index >= 15 is 0 Å². The molecule has 0 unspecified atom stereocenters. The lowest BCUT2D eigenvalue weighted by Crippen LogP contribution is -2.30. The van der Waals surface area contributed by atoms with Crippen molar-refractivity contribution in [3.63, 3.8) is 0 Å². The van der Waals surface area contributed by atoms with Gasteiger partial charge >= 0.3 is 12.1 Å². The van der Waals surface area contributed by atoms with Crippen LogP contribution in [0.25, 0.3) is 0 Å². The smallest absolute Gasteiger partial charge is 0.416 e. The zero-order valence-corrected chi connectivity index (χ0v) is 16.4. The first kappa shape index (κ1) is 21.8. The largest absolute Gasteiger partial charge is 0.452 e. The maximum absolute atomic E-state index is 12.5. The molecule has 0 aliphatic rings. The quantitative estimate of drug-likeness (QED) is 0.538. The average Bonchev–Trinajstić information content (AvgIpc) is 2.62. The minimum Gasteiger partial charge on any atom is -0.452 e. The van der Waals surface area contributed by atoms with E-state index < -0.39 is 29.7 Å². The summed E-state index contributed by atoms with van der Waals surface area (Å²) in [6.45, 7) is 5.29. The number of ether oxygens (including phenoxy) is 1. The van der Waals surface area contributed by atoms with Gasteiger partial charge in [0, 0.05) is 10.6 Å². The van der Waals surface area contributed by atoms with Gasteiger partial charge in [-0.15, -0.1) is 11.8 Å². The number of hydrogen-bond acceptors (Lipinski definition) is 4. The molecule has 1 amide bonds. The number of alkyl halides is 3. The molecule has 0 bridgehead atoms. The fourth-order valence-electron chi connectivity index (χ4n) is 2.27. The van der Waals surface area contributed by atoms with Crippen LogP contribution >= 0.6 is 11.8 Å². The van der Waals surface area contributed by atoms with Crippen LogP contribution < -0.4 is 5.32 Å². The summed E-state index contributed by atoms with van der Waals surface area (Å²) in [6.07, 6.45) is -5.52. The molecule has 2 aromatic rings. The van der Waals surface area contributed by atoms with Crippen molar-refractivity contribution in [2.75, 3.05) is 11.1 Å². The van der Waals surface area contributed by atoms with Gasteiger partial charge in [0.2, 0.25) is 0 Å². The lowest BCUT2D eigenvalue weighted by atomic mass is 10.2. The van der Waals surface area contributed by atoms with Gasteiger partial charge in [-0.25, -0.2) is 0 Å². The van der Waals surface area contributed by atoms with Gasteiger partial charge in [-0.3, -0.25) is 9.59 Å². The van der Waals surface area contributed by atoms with E-state index in [1.165, 1.54) is 18.7 Å². The first-order valence-electron chi connectivity index (χ1n) is 8.44. The topological polar surface area (TPSA) is 55.4 Å². The normalized spacial score (nSPS) is 12.4. The molecular weight excluding hydrogens is 391 g/mol. The van der Waals surface area contributed by atoms with E-state index in [1.54, 1.807) is 0 Å². The zero-order valence-electron chi connectivity index (χ0n) is 15.6. The number of halogens is 3. The molecule has 0 saturated carbocycles. The van der Waals surface area contributed by atoms with Gasteiger partial charge in [-0.2, -0.15) is 13.2 Å². The van der Waals surface area contributed by atoms with Crippen LogP contribution in [0, 0.1) is 13.8 Å². The summed E-state index contributed by atoms with van der Waals surface area (Å²) < 4.78 is 42.7. The van der Waals surface area contributed by atoms with Crippen LogP contribution in [0.3, 0.4) is 0 Å². The van der Waals surface area contributed by atoms with Crippen LogP contribution in [0.15, 0.2) is 47.4 Å². The Morgan fingerprint density at radius 2 is 1.75 bits per heavy atom. The van der Waals surface area contributed by atoms with Gasteiger partial charge in [-0.1, -0.05) is 17.7 Å². The standard InChI is InChI=1S/C20H20F3NO3S/c1-12-4-5-13(2)17(10-12)28-11-18(25)27-14(3)19(26)24-16-8-6-15(7-9-16)20(21,22)23/h4-10,14H,11H2,1-3H3,(H,24,26)/t14-/m1/s1. The Morgan fingerprint density at radius 1 is 1.11 bits per heavy atom. The highest BCUT2D eigenvalue weighted by atomic mass is 32.2. The van der Waals surface area contributed by atoms with Crippen molar-refractivity contribution in [3.05, 3.63) is 59.2 Å². The fourth-order valence-corrected chi connectivity index (χ4v) is 3.18. The molecule has 0 aliphatic carbocycles. The maximum Gasteiger partial charge on any atom is 0.416 e. The minimum atomic E-state index is -4.45. The SMILES string of the molecule is Cc1ccc(C)c(SCC(=O)O[C@H](C)C(=O)Nc2ccc(C(F)(F)F)cc2)c1. The van der Waals surface area contributed by atoms with Crippen molar-refractivity contribution in [3.8, 4) is 0 Å². The van der Waals surface area contributed by atoms with Crippen molar-refractivity contribution in [2.45, 2.75) is 37.9 Å². The Morgan fingerprint density at radius 3 is 2.36 bits per heavy atom. The summed E-state index contributed by atoms with van der Waals surface area (Å²) in [5.41, 5.74) is 1.49. The molecule has 0 radical (unpaired) electrons. The molecule has 0 saturated heterocycles. The van der Waals surface area contributed by atoms with Gasteiger partial charge in [0.05, 0.1) is 11.3 Å². The molecule has 2 aromatic carbocycles. The number of rotatable bonds is 6. The summed E-state index contributed by atoms with van der Waals surface area (Å²) in [4.78, 5) is 25.0. The summed E-state index contributed by atoms with van der Waals surface area (Å²) in [7, 11) is 0. The number of carbonyl (C=O) groups is 2. The summed E-state index contributed by atoms with van der Waals surface area (Å²) in [5, 5.41) is 2.43. The number of anilines is 1. The number of benzene rings is 2. The molecule has 1 N–H and O–H groups in total. The minimum absolute atomic E-state index is 0.0438. The second kappa shape index (κ2) is 9.14. The van der Waals surface area contributed by atoms with Crippen molar-refractivity contribution in [1.29, 1.82) is 0 Å². The predicted octanol–water partition coefficient (Wildman–Crippen LogP) is 4.98. The number of carbonyl (C=O) groups excluding carboxylic acids is 2. The van der Waals surface area contributed by atoms with Crippen LogP contribution in [0.1, 0.15) is 23.6 Å².